The second-order valence-electron chi connectivity index (χ2n) is 2.71. The Morgan fingerprint density at radius 2 is 2.17 bits per heavy atom. The molecular weight excluding hydrogens is 160 g/mol. The lowest BCUT2D eigenvalue weighted by atomic mass is 9.97. The van der Waals surface area contributed by atoms with E-state index in [1.807, 2.05) is 0 Å². The van der Waals surface area contributed by atoms with E-state index in [-0.39, 0.29) is 0 Å². The maximum atomic E-state index is 11.2. The van der Waals surface area contributed by atoms with Crippen LogP contribution in [0.3, 0.4) is 0 Å². The average molecular weight is 170 g/mol. The monoisotopic (exact) mass is 170 g/mol. The van der Waals surface area contributed by atoms with Crippen molar-refractivity contribution in [3.63, 3.8) is 0 Å². The molecule has 1 fully saturated rings. The summed E-state index contributed by atoms with van der Waals surface area (Å²) in [5, 5.41) is 2.08. The molecule has 0 aromatic heterocycles. The molecule has 5 heteroatoms. The van der Waals surface area contributed by atoms with Crippen molar-refractivity contribution in [2.75, 3.05) is 7.05 Å². The van der Waals surface area contributed by atoms with E-state index in [2.05, 4.69) is 5.32 Å². The van der Waals surface area contributed by atoms with Gasteiger partial charge in [0, 0.05) is 7.05 Å². The molecule has 0 aliphatic carbocycles. The SMILES string of the molecule is CCC1(C=O)C(=O)NC(=O)N1C. The predicted octanol–water partition coefficient (Wildman–Crippen LogP) is -0.484. The van der Waals surface area contributed by atoms with Gasteiger partial charge in [-0.15, -0.1) is 0 Å². The molecule has 5 nitrogen and oxygen atoms in total. The Kier molecular flexibility index (Phi) is 1.87. The molecular formula is C7H10N2O3. The third kappa shape index (κ3) is 0.823. The summed E-state index contributed by atoms with van der Waals surface area (Å²) in [6, 6.07) is -0.519. The summed E-state index contributed by atoms with van der Waals surface area (Å²) in [6.45, 7) is 1.68. The average Bonchev–Trinajstić information content (AvgIpc) is 2.26. The fraction of sp³-hybridized carbons (Fsp3) is 0.571. The van der Waals surface area contributed by atoms with Gasteiger partial charge in [-0.2, -0.15) is 0 Å². The maximum Gasteiger partial charge on any atom is 0.325 e. The third-order valence-electron chi connectivity index (χ3n) is 2.25. The van der Waals surface area contributed by atoms with Crippen LogP contribution < -0.4 is 5.32 Å². The second-order valence-corrected chi connectivity index (χ2v) is 2.71. The molecule has 1 aliphatic rings. The quantitative estimate of drug-likeness (QED) is 0.345. The summed E-state index contributed by atoms with van der Waals surface area (Å²) < 4.78 is 0. The maximum absolute atomic E-state index is 11.2. The van der Waals surface area contributed by atoms with E-state index in [1.54, 1.807) is 6.92 Å². The number of carbonyl (C=O) groups is 3. The topological polar surface area (TPSA) is 66.5 Å². The molecule has 1 aliphatic heterocycles. The van der Waals surface area contributed by atoms with Crippen molar-refractivity contribution in [1.29, 1.82) is 0 Å². The fourth-order valence-electron chi connectivity index (χ4n) is 1.24. The van der Waals surface area contributed by atoms with E-state index in [0.717, 1.165) is 4.90 Å². The first-order valence-corrected chi connectivity index (χ1v) is 3.64. The van der Waals surface area contributed by atoms with E-state index < -0.39 is 17.5 Å². The van der Waals surface area contributed by atoms with Crippen LogP contribution in [0.1, 0.15) is 13.3 Å². The van der Waals surface area contributed by atoms with Gasteiger partial charge in [0.15, 0.2) is 11.8 Å². The van der Waals surface area contributed by atoms with E-state index >= 15 is 0 Å². The van der Waals surface area contributed by atoms with Crippen LogP contribution in [0.15, 0.2) is 0 Å². The molecule has 0 aromatic carbocycles. The van der Waals surface area contributed by atoms with Crippen molar-refractivity contribution in [1.82, 2.24) is 10.2 Å². The highest BCUT2D eigenvalue weighted by Crippen LogP contribution is 2.20. The molecule has 3 amide bonds. The second kappa shape index (κ2) is 2.58. The number of hydrogen-bond donors (Lipinski definition) is 1. The number of amides is 3. The Hall–Kier alpha value is -1.39. The van der Waals surface area contributed by atoms with Crippen molar-refractivity contribution in [2.45, 2.75) is 18.9 Å². The van der Waals surface area contributed by atoms with Gasteiger partial charge < -0.3 is 9.69 Å². The summed E-state index contributed by atoms with van der Waals surface area (Å²) in [5.74, 6) is -0.535. The van der Waals surface area contributed by atoms with Crippen molar-refractivity contribution >= 4 is 18.2 Å². The van der Waals surface area contributed by atoms with Crippen LogP contribution in [-0.4, -0.2) is 35.7 Å². The number of hydrogen-bond acceptors (Lipinski definition) is 3. The van der Waals surface area contributed by atoms with E-state index in [0.29, 0.717) is 12.7 Å². The highest BCUT2D eigenvalue weighted by Gasteiger charge is 2.49. The normalized spacial score (nSPS) is 29.0. The van der Waals surface area contributed by atoms with Crippen LogP contribution in [0.25, 0.3) is 0 Å². The van der Waals surface area contributed by atoms with Crippen molar-refractivity contribution in [3.05, 3.63) is 0 Å². The van der Waals surface area contributed by atoms with Gasteiger partial charge in [-0.05, 0) is 6.42 Å². The van der Waals surface area contributed by atoms with E-state index in [9.17, 15) is 14.4 Å². The molecule has 0 radical (unpaired) electrons. The molecule has 1 heterocycles. The molecule has 0 saturated carbocycles. The summed E-state index contributed by atoms with van der Waals surface area (Å²) in [7, 11) is 1.43. The lowest BCUT2D eigenvalue weighted by Crippen LogP contribution is -2.48. The van der Waals surface area contributed by atoms with E-state index in [1.165, 1.54) is 7.05 Å². The summed E-state index contributed by atoms with van der Waals surface area (Å²) in [4.78, 5) is 33.9. The smallest absolute Gasteiger partial charge is 0.306 e. The number of urea groups is 1. The molecule has 1 atom stereocenters. The number of imide groups is 1. The van der Waals surface area contributed by atoms with Gasteiger partial charge in [-0.1, -0.05) is 6.92 Å². The molecule has 0 aromatic rings. The summed E-state index contributed by atoms with van der Waals surface area (Å²) in [5.41, 5.74) is -1.28. The number of rotatable bonds is 2. The Morgan fingerprint density at radius 3 is 2.33 bits per heavy atom. The first kappa shape index (κ1) is 8.70. The minimum absolute atomic E-state index is 0.296. The van der Waals surface area contributed by atoms with Crippen molar-refractivity contribution in [2.24, 2.45) is 0 Å². The highest BCUT2D eigenvalue weighted by atomic mass is 16.2. The number of nitrogens with one attached hydrogen (secondary N) is 1. The standard InChI is InChI=1S/C7H10N2O3/c1-3-7(4-10)5(11)8-6(12)9(7)2/h4H,3H2,1-2H3,(H,8,11,12). The third-order valence-corrected chi connectivity index (χ3v) is 2.25. The van der Waals surface area contributed by atoms with Gasteiger partial charge in [-0.25, -0.2) is 4.79 Å². The minimum atomic E-state index is -1.28. The van der Waals surface area contributed by atoms with Gasteiger partial charge in [-0.3, -0.25) is 10.1 Å². The van der Waals surface area contributed by atoms with Crippen LogP contribution in [-0.2, 0) is 9.59 Å². The Morgan fingerprint density at radius 1 is 1.58 bits per heavy atom. The van der Waals surface area contributed by atoms with Crippen LogP contribution in [0.4, 0.5) is 4.79 Å². The number of nitrogens with zero attached hydrogens (tertiary/aromatic N) is 1. The molecule has 1 N–H and O–H groups in total. The molecule has 66 valence electrons. The number of aldehydes is 1. The van der Waals surface area contributed by atoms with Gasteiger partial charge in [0.05, 0.1) is 0 Å². The Labute approximate surface area is 69.7 Å². The van der Waals surface area contributed by atoms with Crippen LogP contribution in [0.5, 0.6) is 0 Å². The largest absolute Gasteiger partial charge is 0.325 e. The molecule has 1 unspecified atom stereocenters. The minimum Gasteiger partial charge on any atom is -0.306 e. The predicted molar refractivity (Wildman–Crippen MR) is 40.4 cm³/mol. The molecule has 1 rings (SSSR count). The number of likely N-dealkylation sites (N-methyl/N-ethyl adjacent to an activating group) is 1. The van der Waals surface area contributed by atoms with Gasteiger partial charge in [0.25, 0.3) is 5.91 Å². The summed E-state index contributed by atoms with van der Waals surface area (Å²) >= 11 is 0. The Balaban J connectivity index is 3.09. The fourth-order valence-corrected chi connectivity index (χ4v) is 1.24. The Bertz CT molecular complexity index is 251. The molecule has 12 heavy (non-hydrogen) atoms. The van der Waals surface area contributed by atoms with Crippen LogP contribution >= 0.6 is 0 Å². The van der Waals surface area contributed by atoms with Gasteiger partial charge >= 0.3 is 6.03 Å². The van der Waals surface area contributed by atoms with Crippen molar-refractivity contribution in [3.8, 4) is 0 Å². The lowest BCUT2D eigenvalue weighted by molar-refractivity contribution is -0.132. The lowest BCUT2D eigenvalue weighted by Gasteiger charge is -2.24. The van der Waals surface area contributed by atoms with E-state index in [4.69, 9.17) is 0 Å². The van der Waals surface area contributed by atoms with Gasteiger partial charge in [0.1, 0.15) is 0 Å². The van der Waals surface area contributed by atoms with Crippen molar-refractivity contribution < 1.29 is 14.4 Å². The molecule has 1 saturated heterocycles. The zero-order valence-electron chi connectivity index (χ0n) is 6.96. The first-order chi connectivity index (χ1) is 5.58. The first-order valence-electron chi connectivity index (χ1n) is 3.64. The van der Waals surface area contributed by atoms with Crippen LogP contribution in [0.2, 0.25) is 0 Å². The van der Waals surface area contributed by atoms with Crippen LogP contribution in [0, 0.1) is 0 Å². The zero-order chi connectivity index (χ0) is 9.35. The number of carbonyl (C=O) groups excluding carboxylic acids is 3. The summed E-state index contributed by atoms with van der Waals surface area (Å²) in [6.07, 6.45) is 0.803. The molecule has 0 spiro atoms. The zero-order valence-corrected chi connectivity index (χ0v) is 6.96. The van der Waals surface area contributed by atoms with Gasteiger partial charge in [0.2, 0.25) is 0 Å². The highest BCUT2D eigenvalue weighted by molar-refractivity contribution is 6.15. The molecule has 0 bridgehead atoms.